The molecule has 1 aliphatic rings. The minimum Gasteiger partial charge on any atom is -0.488 e. The number of nitrogens with zero attached hydrogens (tertiary/aromatic N) is 1. The number of aryl methyl sites for hydroxylation is 1. The van der Waals surface area contributed by atoms with E-state index in [4.69, 9.17) is 4.74 Å². The number of hydrogen-bond donors (Lipinski definition) is 3. The van der Waals surface area contributed by atoms with Gasteiger partial charge in [-0.1, -0.05) is 24.3 Å². The number of carbonyl (C=O) groups excluding carboxylic acids is 1. The summed E-state index contributed by atoms with van der Waals surface area (Å²) in [7, 11) is 1.69. The number of amides is 1. The first-order chi connectivity index (χ1) is 13.6. The number of fused-ring (bicyclic) bond motifs is 1. The highest BCUT2D eigenvalue weighted by atomic mass is 127. The van der Waals surface area contributed by atoms with E-state index >= 15 is 0 Å². The van der Waals surface area contributed by atoms with E-state index in [1.165, 1.54) is 11.6 Å². The maximum Gasteiger partial charge on any atom is 0.251 e. The van der Waals surface area contributed by atoms with Crippen molar-refractivity contribution in [3.63, 3.8) is 0 Å². The van der Waals surface area contributed by atoms with Crippen LogP contribution in [0.1, 0.15) is 21.5 Å². The van der Waals surface area contributed by atoms with Gasteiger partial charge < -0.3 is 20.7 Å². The maximum atomic E-state index is 13.6. The van der Waals surface area contributed by atoms with Crippen LogP contribution >= 0.6 is 24.0 Å². The molecule has 0 radical (unpaired) electrons. The van der Waals surface area contributed by atoms with Crippen molar-refractivity contribution in [2.45, 2.75) is 19.4 Å². The summed E-state index contributed by atoms with van der Waals surface area (Å²) in [6.07, 6.45) is 0.927. The van der Waals surface area contributed by atoms with Crippen LogP contribution in [0.15, 0.2) is 47.5 Å². The van der Waals surface area contributed by atoms with Gasteiger partial charge in [-0.3, -0.25) is 9.79 Å². The summed E-state index contributed by atoms with van der Waals surface area (Å²) < 4.78 is 19.4. The molecule has 6 nitrogen and oxygen atoms in total. The van der Waals surface area contributed by atoms with Gasteiger partial charge in [-0.25, -0.2) is 4.39 Å². The van der Waals surface area contributed by atoms with Gasteiger partial charge in [-0.05, 0) is 36.2 Å². The molecule has 1 unspecified atom stereocenters. The lowest BCUT2D eigenvalue weighted by molar-refractivity contribution is 0.0954. The normalized spacial score (nSPS) is 15.0. The molecule has 0 aliphatic carbocycles. The first kappa shape index (κ1) is 22.9. The zero-order chi connectivity index (χ0) is 19.9. The Kier molecular flexibility index (Phi) is 8.69. The zero-order valence-electron chi connectivity index (χ0n) is 16.5. The number of halogens is 2. The van der Waals surface area contributed by atoms with Crippen LogP contribution in [0.2, 0.25) is 0 Å². The average molecular weight is 512 g/mol. The fourth-order valence-corrected chi connectivity index (χ4v) is 2.99. The van der Waals surface area contributed by atoms with Gasteiger partial charge >= 0.3 is 0 Å². The number of guanidine groups is 1. The Morgan fingerprint density at radius 3 is 2.66 bits per heavy atom. The van der Waals surface area contributed by atoms with Crippen molar-refractivity contribution in [1.29, 1.82) is 0 Å². The number of para-hydroxylation sites is 1. The molecular formula is C21H26FIN4O2. The molecule has 8 heteroatoms. The van der Waals surface area contributed by atoms with Crippen molar-refractivity contribution in [3.8, 4) is 5.75 Å². The molecular weight excluding hydrogens is 486 g/mol. The Labute approximate surface area is 187 Å². The third-order valence-electron chi connectivity index (χ3n) is 4.57. The first-order valence-corrected chi connectivity index (χ1v) is 9.30. The van der Waals surface area contributed by atoms with Crippen LogP contribution in [-0.4, -0.2) is 44.7 Å². The Morgan fingerprint density at radius 1 is 1.17 bits per heavy atom. The number of carbonyl (C=O) groups is 1. The molecule has 0 spiro atoms. The Hall–Kier alpha value is -2.36. The molecule has 0 fully saturated rings. The van der Waals surface area contributed by atoms with Crippen LogP contribution in [0.5, 0.6) is 5.75 Å². The highest BCUT2D eigenvalue weighted by Gasteiger charge is 2.22. The van der Waals surface area contributed by atoms with Crippen LogP contribution in [0.25, 0.3) is 0 Å². The molecule has 1 heterocycles. The molecule has 3 rings (SSSR count). The maximum absolute atomic E-state index is 13.6. The summed E-state index contributed by atoms with van der Waals surface area (Å²) in [5, 5.41) is 9.13. The van der Waals surface area contributed by atoms with Crippen LogP contribution in [0.4, 0.5) is 4.39 Å². The van der Waals surface area contributed by atoms with Gasteiger partial charge in [0.2, 0.25) is 0 Å². The summed E-state index contributed by atoms with van der Waals surface area (Å²) >= 11 is 0. The molecule has 1 atom stereocenters. The minimum atomic E-state index is -0.383. The molecule has 29 heavy (non-hydrogen) atoms. The second-order valence-corrected chi connectivity index (χ2v) is 6.65. The summed E-state index contributed by atoms with van der Waals surface area (Å²) in [5.41, 5.74) is 2.04. The Bertz CT molecular complexity index is 851. The molecule has 0 bridgehead atoms. The van der Waals surface area contributed by atoms with Gasteiger partial charge in [0, 0.05) is 32.1 Å². The molecule has 156 valence electrons. The number of rotatable bonds is 6. The minimum absolute atomic E-state index is 0. The van der Waals surface area contributed by atoms with Gasteiger partial charge in [0.25, 0.3) is 5.91 Å². The van der Waals surface area contributed by atoms with Gasteiger partial charge in [0.1, 0.15) is 17.7 Å². The number of benzene rings is 2. The van der Waals surface area contributed by atoms with Crippen molar-refractivity contribution in [3.05, 3.63) is 65.0 Å². The van der Waals surface area contributed by atoms with Crippen molar-refractivity contribution in [2.75, 3.05) is 26.7 Å². The molecule has 3 N–H and O–H groups in total. The highest BCUT2D eigenvalue weighted by molar-refractivity contribution is 14.0. The van der Waals surface area contributed by atoms with E-state index in [9.17, 15) is 9.18 Å². The average Bonchev–Trinajstić information content (AvgIpc) is 3.12. The standard InChI is InChI=1S/C21H25FN4O2.HI/c1-14-7-8-16(12-18(14)22)20(27)24-9-10-25-21(23-2)26-13-17-11-15-5-3-4-6-19(15)28-17;/h3-8,12,17H,9-11,13H2,1-2H3,(H,24,27)(H2,23,25,26);1H. The fraction of sp³-hybridized carbons (Fsp3) is 0.333. The number of nitrogens with one attached hydrogen (secondary N) is 3. The van der Waals surface area contributed by atoms with Crippen LogP contribution in [-0.2, 0) is 6.42 Å². The molecule has 0 aromatic heterocycles. The number of hydrogen-bond acceptors (Lipinski definition) is 3. The molecule has 2 aromatic rings. The third-order valence-corrected chi connectivity index (χ3v) is 4.57. The lowest BCUT2D eigenvalue weighted by atomic mass is 10.1. The lowest BCUT2D eigenvalue weighted by Crippen LogP contribution is -2.44. The van der Waals surface area contributed by atoms with E-state index in [1.807, 2.05) is 18.2 Å². The number of aliphatic imine (C=N–C) groups is 1. The molecule has 0 saturated heterocycles. The van der Waals surface area contributed by atoms with Gasteiger partial charge in [0.15, 0.2) is 5.96 Å². The van der Waals surface area contributed by atoms with E-state index < -0.39 is 0 Å². The van der Waals surface area contributed by atoms with Crippen molar-refractivity contribution in [2.24, 2.45) is 4.99 Å². The predicted octanol–water partition coefficient (Wildman–Crippen LogP) is 2.65. The van der Waals surface area contributed by atoms with Gasteiger partial charge in [-0.2, -0.15) is 0 Å². The SMILES string of the molecule is CN=C(NCCNC(=O)c1ccc(C)c(F)c1)NCC1Cc2ccccc2O1.I. The lowest BCUT2D eigenvalue weighted by Gasteiger charge is -2.15. The van der Waals surface area contributed by atoms with E-state index in [2.05, 4.69) is 27.0 Å². The summed E-state index contributed by atoms with van der Waals surface area (Å²) in [4.78, 5) is 16.2. The van der Waals surface area contributed by atoms with Crippen LogP contribution in [0.3, 0.4) is 0 Å². The first-order valence-electron chi connectivity index (χ1n) is 9.30. The smallest absolute Gasteiger partial charge is 0.251 e. The van der Waals surface area contributed by atoms with Crippen molar-refractivity contribution in [1.82, 2.24) is 16.0 Å². The van der Waals surface area contributed by atoms with Crippen LogP contribution < -0.4 is 20.7 Å². The van der Waals surface area contributed by atoms with Gasteiger partial charge in [0.05, 0.1) is 6.54 Å². The zero-order valence-corrected chi connectivity index (χ0v) is 18.8. The fourth-order valence-electron chi connectivity index (χ4n) is 2.99. The van der Waals surface area contributed by atoms with Crippen LogP contribution in [0, 0.1) is 12.7 Å². The Balaban J connectivity index is 0.00000300. The van der Waals surface area contributed by atoms with E-state index in [-0.39, 0.29) is 41.8 Å². The van der Waals surface area contributed by atoms with E-state index in [0.717, 1.165) is 12.2 Å². The predicted molar refractivity (Wildman–Crippen MR) is 123 cm³/mol. The summed E-state index contributed by atoms with van der Waals surface area (Å²) in [6, 6.07) is 12.5. The third kappa shape index (κ3) is 6.31. The highest BCUT2D eigenvalue weighted by Crippen LogP contribution is 2.27. The van der Waals surface area contributed by atoms with Gasteiger partial charge in [-0.15, -0.1) is 24.0 Å². The summed E-state index contributed by atoms with van der Waals surface area (Å²) in [6.45, 7) is 3.17. The van der Waals surface area contributed by atoms with E-state index in [1.54, 1.807) is 26.1 Å². The molecule has 1 aliphatic heterocycles. The number of ether oxygens (including phenoxy) is 1. The largest absolute Gasteiger partial charge is 0.488 e. The molecule has 0 saturated carbocycles. The topological polar surface area (TPSA) is 74.8 Å². The van der Waals surface area contributed by atoms with Crippen molar-refractivity contribution < 1.29 is 13.9 Å². The summed E-state index contributed by atoms with van der Waals surface area (Å²) in [5.74, 6) is 0.884. The Morgan fingerprint density at radius 2 is 1.93 bits per heavy atom. The quantitative estimate of drug-likeness (QED) is 0.241. The molecule has 1 amide bonds. The molecule has 2 aromatic carbocycles. The van der Waals surface area contributed by atoms with E-state index in [0.29, 0.717) is 36.7 Å². The second-order valence-electron chi connectivity index (χ2n) is 6.65. The van der Waals surface area contributed by atoms with Crippen molar-refractivity contribution >= 4 is 35.8 Å². The monoisotopic (exact) mass is 512 g/mol. The second kappa shape index (κ2) is 11.0.